The Morgan fingerprint density at radius 2 is 0.677 bits per heavy atom. The Bertz CT molecular complexity index is 248. The van der Waals surface area contributed by atoms with Crippen LogP contribution in [0.2, 0.25) is 0 Å². The van der Waals surface area contributed by atoms with Crippen LogP contribution in [0.1, 0.15) is 169 Å². The molecule has 1 heteroatoms. The van der Waals surface area contributed by atoms with Crippen LogP contribution in [0.15, 0.2) is 0 Å². The molecule has 0 N–H and O–H groups in total. The first-order valence-corrected chi connectivity index (χ1v) is 14.2. The van der Waals surface area contributed by atoms with Gasteiger partial charge in [0, 0.05) is 0 Å². The normalized spacial score (nSPS) is 12.6. The molecule has 0 aromatic rings. The van der Waals surface area contributed by atoms with E-state index < -0.39 is 0 Å². The molecule has 0 aromatic carbocycles. The van der Waals surface area contributed by atoms with Crippen LogP contribution in [0.25, 0.3) is 0 Å². The predicted molar refractivity (Wildman–Crippen MR) is 142 cm³/mol. The Kier molecular flexibility index (Phi) is 39.0. The second kappa shape index (κ2) is 33.1. The maximum atomic E-state index is 3.88. The van der Waals surface area contributed by atoms with Crippen LogP contribution in [-0.2, 0) is 27.3 Å². The van der Waals surface area contributed by atoms with Crippen molar-refractivity contribution in [1.29, 1.82) is 0 Å². The van der Waals surface area contributed by atoms with Crippen molar-refractivity contribution < 1.29 is 27.3 Å². The minimum Gasteiger partial charge on any atom is -0.343 e. The molecule has 31 heavy (non-hydrogen) atoms. The van der Waals surface area contributed by atoms with Gasteiger partial charge in [-0.25, -0.2) is 0 Å². The molecule has 0 aromatic heterocycles. The average molecular weight is 535 g/mol. The van der Waals surface area contributed by atoms with E-state index in [4.69, 9.17) is 0 Å². The summed E-state index contributed by atoms with van der Waals surface area (Å²) in [6, 6.07) is 0. The molecule has 0 rings (SSSR count). The van der Waals surface area contributed by atoms with E-state index in [0.29, 0.717) is 0 Å². The number of unbranched alkanes of at least 4 members (excludes halogenated alkanes) is 14. The molecule has 0 fully saturated rings. The number of hydrogen-bond acceptors (Lipinski definition) is 0. The third-order valence-corrected chi connectivity index (χ3v) is 6.49. The molecule has 0 spiro atoms. The first kappa shape index (κ1) is 36.5. The van der Waals surface area contributed by atoms with Crippen LogP contribution < -0.4 is 0 Å². The van der Waals surface area contributed by atoms with Gasteiger partial charge < -0.3 is 13.8 Å². The summed E-state index contributed by atoms with van der Waals surface area (Å²) in [6.07, 6.45) is 30.6. The first-order valence-electron chi connectivity index (χ1n) is 14.2. The summed E-state index contributed by atoms with van der Waals surface area (Å²) in [4.78, 5) is 0. The van der Waals surface area contributed by atoms with E-state index in [1.54, 1.807) is 0 Å². The average Bonchev–Trinajstić information content (AvgIpc) is 2.74. The van der Waals surface area contributed by atoms with E-state index in [-0.39, 0.29) is 27.3 Å². The maximum Gasteiger partial charge on any atom is 2.00 e. The van der Waals surface area contributed by atoms with Gasteiger partial charge in [0.2, 0.25) is 0 Å². The van der Waals surface area contributed by atoms with Crippen LogP contribution in [0, 0.1) is 25.7 Å². The van der Waals surface area contributed by atoms with Gasteiger partial charge in [-0.1, -0.05) is 156 Å². The molecule has 0 heterocycles. The Hall–Kier alpha value is 0.922. The Morgan fingerprint density at radius 3 is 0.935 bits per heavy atom. The van der Waals surface area contributed by atoms with Gasteiger partial charge in [0.15, 0.2) is 0 Å². The van der Waals surface area contributed by atoms with Crippen molar-refractivity contribution >= 4 is 0 Å². The molecule has 0 nitrogen and oxygen atoms in total. The van der Waals surface area contributed by atoms with Gasteiger partial charge in [-0.3, -0.25) is 0 Å². The summed E-state index contributed by atoms with van der Waals surface area (Å²) in [5, 5.41) is 0. The fourth-order valence-corrected chi connectivity index (χ4v) is 4.17. The van der Waals surface area contributed by atoms with Crippen LogP contribution >= 0.6 is 0 Å². The molecule has 0 aliphatic rings. The second-order valence-corrected chi connectivity index (χ2v) is 10.0. The Labute approximate surface area is 221 Å². The standard InChI is InChI=1S/2C15H31.Cd/c2*1-4-6-8-10-12-14-15(3)13-11-9-7-5-2;/h2*15H,2,4-14H2,1,3H3;/q2*-1;+2. The zero-order valence-electron chi connectivity index (χ0n) is 22.8. The molecule has 0 aliphatic heterocycles. The Balaban J connectivity index is -0.000000490. The largest absolute Gasteiger partial charge is 2.00 e. The minimum atomic E-state index is 0. The summed E-state index contributed by atoms with van der Waals surface area (Å²) >= 11 is 0. The van der Waals surface area contributed by atoms with Crippen LogP contribution in [0.3, 0.4) is 0 Å². The predicted octanol–water partition coefficient (Wildman–Crippen LogP) is 11.5. The van der Waals surface area contributed by atoms with Crippen LogP contribution in [0.5, 0.6) is 0 Å². The van der Waals surface area contributed by atoms with Crippen LogP contribution in [0.4, 0.5) is 0 Å². The van der Waals surface area contributed by atoms with Gasteiger partial charge in [-0.15, -0.1) is 0 Å². The van der Waals surface area contributed by atoms with Gasteiger partial charge in [0.1, 0.15) is 0 Å². The summed E-state index contributed by atoms with van der Waals surface area (Å²) in [7, 11) is 0. The summed E-state index contributed by atoms with van der Waals surface area (Å²) in [5.41, 5.74) is 0. The maximum absolute atomic E-state index is 3.88. The molecule has 0 amide bonds. The van der Waals surface area contributed by atoms with E-state index in [9.17, 15) is 0 Å². The van der Waals surface area contributed by atoms with Gasteiger partial charge in [-0.05, 0) is 11.8 Å². The SMILES string of the molecule is [CH2-]CCCCCC(C)CCCCCCC.[CH2-]CCCCCC(C)CCCCCCC.[Cd+2]. The summed E-state index contributed by atoms with van der Waals surface area (Å²) < 4.78 is 0. The van der Waals surface area contributed by atoms with Crippen molar-refractivity contribution in [1.82, 2.24) is 0 Å². The van der Waals surface area contributed by atoms with Gasteiger partial charge in [0.25, 0.3) is 0 Å². The molecule has 0 saturated carbocycles. The smallest absolute Gasteiger partial charge is 0.343 e. The van der Waals surface area contributed by atoms with Crippen molar-refractivity contribution in [3.8, 4) is 0 Å². The topological polar surface area (TPSA) is 0 Å². The van der Waals surface area contributed by atoms with Gasteiger partial charge in [0.05, 0.1) is 0 Å². The fraction of sp³-hybridized carbons (Fsp3) is 0.933. The third kappa shape index (κ3) is 35.7. The van der Waals surface area contributed by atoms with E-state index in [2.05, 4.69) is 41.5 Å². The van der Waals surface area contributed by atoms with Crippen molar-refractivity contribution in [3.63, 3.8) is 0 Å². The third-order valence-electron chi connectivity index (χ3n) is 6.49. The quantitative estimate of drug-likeness (QED) is 0.0735. The molecule has 0 radical (unpaired) electrons. The van der Waals surface area contributed by atoms with E-state index in [1.807, 2.05) is 0 Å². The summed E-state index contributed by atoms with van der Waals surface area (Å²) in [5.74, 6) is 1.91. The summed E-state index contributed by atoms with van der Waals surface area (Å²) in [6.45, 7) is 17.2. The molecule has 0 bridgehead atoms. The van der Waals surface area contributed by atoms with Crippen LogP contribution in [-0.4, -0.2) is 0 Å². The molecule has 0 aliphatic carbocycles. The molecule has 184 valence electrons. The van der Waals surface area contributed by atoms with Crippen molar-refractivity contribution in [2.24, 2.45) is 11.8 Å². The molecular weight excluding hydrogens is 473 g/mol. The minimum absolute atomic E-state index is 0. The monoisotopic (exact) mass is 536 g/mol. The van der Waals surface area contributed by atoms with Gasteiger partial charge >= 0.3 is 27.3 Å². The van der Waals surface area contributed by atoms with Gasteiger partial charge in [-0.2, -0.15) is 12.8 Å². The van der Waals surface area contributed by atoms with E-state index in [1.165, 1.54) is 128 Å². The van der Waals surface area contributed by atoms with E-state index in [0.717, 1.165) is 24.7 Å². The Morgan fingerprint density at radius 1 is 0.419 bits per heavy atom. The zero-order chi connectivity index (χ0) is 22.7. The molecule has 2 unspecified atom stereocenters. The second-order valence-electron chi connectivity index (χ2n) is 10.0. The molecule has 0 saturated heterocycles. The first-order chi connectivity index (χ1) is 14.6. The van der Waals surface area contributed by atoms with E-state index >= 15 is 0 Å². The number of hydrogen-bond donors (Lipinski definition) is 0. The fourth-order valence-electron chi connectivity index (χ4n) is 4.17. The van der Waals surface area contributed by atoms with Crippen molar-refractivity contribution in [2.45, 2.75) is 169 Å². The number of rotatable bonds is 22. The van der Waals surface area contributed by atoms with Crippen molar-refractivity contribution in [3.05, 3.63) is 13.8 Å². The zero-order valence-corrected chi connectivity index (χ0v) is 26.9. The molecule has 2 atom stereocenters. The molecular formula is C30H62Cd. The van der Waals surface area contributed by atoms with Crippen molar-refractivity contribution in [2.75, 3.05) is 0 Å².